The van der Waals surface area contributed by atoms with E-state index in [9.17, 15) is 30.4 Å². The van der Waals surface area contributed by atoms with Crippen LogP contribution in [0.2, 0.25) is 0 Å². The number of benzene rings is 2. The van der Waals surface area contributed by atoms with Crippen LogP contribution in [0.5, 0.6) is 0 Å². The second kappa shape index (κ2) is 7.47. The molecule has 4 nitrogen and oxygen atoms in total. The summed E-state index contributed by atoms with van der Waals surface area (Å²) in [5, 5.41) is 3.49. The molecule has 0 bridgehead atoms. The van der Waals surface area contributed by atoms with Crippen molar-refractivity contribution in [3.8, 4) is 16.9 Å². The van der Waals surface area contributed by atoms with Crippen LogP contribution in [0.3, 0.4) is 0 Å². The summed E-state index contributed by atoms with van der Waals surface area (Å²) in [4.78, 5) is -0.897. The van der Waals surface area contributed by atoms with E-state index in [0.29, 0.717) is 33.4 Å². The zero-order valence-corrected chi connectivity index (χ0v) is 18.2. The molecular weight excluding hydrogens is 551 g/mol. The van der Waals surface area contributed by atoms with Gasteiger partial charge in [0.15, 0.2) is 15.5 Å². The number of hydrogen-bond acceptors (Lipinski definition) is 3. The second-order valence-corrected chi connectivity index (χ2v) is 9.80. The van der Waals surface area contributed by atoms with Gasteiger partial charge in [0, 0.05) is 20.8 Å². The molecule has 0 spiro atoms. The van der Waals surface area contributed by atoms with Crippen molar-refractivity contribution in [3.05, 3.63) is 62.7 Å². The van der Waals surface area contributed by atoms with Gasteiger partial charge >= 0.3 is 6.18 Å². The monoisotopic (exact) mass is 558 g/mol. The second-order valence-electron chi connectivity index (χ2n) is 5.99. The average molecular weight is 560 g/mol. The van der Waals surface area contributed by atoms with Gasteiger partial charge in [-0.05, 0) is 36.4 Å². The molecule has 0 saturated carbocycles. The van der Waals surface area contributed by atoms with Gasteiger partial charge in [-0.25, -0.2) is 21.9 Å². The van der Waals surface area contributed by atoms with Crippen LogP contribution in [0.15, 0.2) is 50.2 Å². The van der Waals surface area contributed by atoms with E-state index < -0.39 is 49.5 Å². The Kier molecular flexibility index (Phi) is 5.65. The molecule has 0 aliphatic heterocycles. The summed E-state index contributed by atoms with van der Waals surface area (Å²) in [6, 6.07) is 6.01. The first-order valence-corrected chi connectivity index (χ1v) is 11.1. The Hall–Kier alpha value is -1.79. The van der Waals surface area contributed by atoms with E-state index in [4.69, 9.17) is 0 Å². The van der Waals surface area contributed by atoms with E-state index in [-0.39, 0.29) is 5.69 Å². The highest BCUT2D eigenvalue weighted by atomic mass is 79.9. The van der Waals surface area contributed by atoms with E-state index in [1.54, 1.807) is 6.07 Å². The number of nitrogens with zero attached hydrogens (tertiary/aromatic N) is 2. The summed E-state index contributed by atoms with van der Waals surface area (Å²) in [5.74, 6) is -2.50. The zero-order chi connectivity index (χ0) is 21.7. The molecule has 1 aromatic heterocycles. The minimum Gasteiger partial charge on any atom is -0.232 e. The lowest BCUT2D eigenvalue weighted by Crippen LogP contribution is -2.07. The molecular formula is C17H9Br2F5N2O2S. The van der Waals surface area contributed by atoms with E-state index in [2.05, 4.69) is 37.0 Å². The van der Waals surface area contributed by atoms with E-state index in [1.807, 2.05) is 0 Å². The fourth-order valence-electron chi connectivity index (χ4n) is 2.58. The molecule has 0 radical (unpaired) electrons. The Balaban J connectivity index is 2.32. The van der Waals surface area contributed by atoms with Gasteiger partial charge in [-0.2, -0.15) is 18.3 Å². The average Bonchev–Trinajstić information content (AvgIpc) is 3.00. The molecule has 29 heavy (non-hydrogen) atoms. The highest BCUT2D eigenvalue weighted by Crippen LogP contribution is 2.36. The molecule has 3 aromatic rings. The summed E-state index contributed by atoms with van der Waals surface area (Å²) in [6.07, 6.45) is -4.15. The van der Waals surface area contributed by atoms with E-state index in [1.165, 1.54) is 12.1 Å². The van der Waals surface area contributed by atoms with Crippen molar-refractivity contribution in [3.63, 3.8) is 0 Å². The molecule has 0 saturated heterocycles. The summed E-state index contributed by atoms with van der Waals surface area (Å²) in [7, 11) is -4.08. The van der Waals surface area contributed by atoms with Crippen molar-refractivity contribution in [2.24, 2.45) is 0 Å². The smallest absolute Gasteiger partial charge is 0.232 e. The fraction of sp³-hybridized carbons (Fsp3) is 0.118. The maximum absolute atomic E-state index is 14.6. The number of rotatable bonds is 3. The lowest BCUT2D eigenvalue weighted by molar-refractivity contribution is -0.141. The number of aromatic nitrogens is 2. The van der Waals surface area contributed by atoms with Crippen LogP contribution in [-0.2, 0) is 16.0 Å². The molecule has 1 heterocycles. The molecule has 3 rings (SSSR count). The van der Waals surface area contributed by atoms with E-state index in [0.717, 1.165) is 4.68 Å². The molecule has 0 amide bonds. The third-order valence-electron chi connectivity index (χ3n) is 3.79. The third-order valence-corrected chi connectivity index (χ3v) is 5.82. The number of alkyl halides is 3. The first-order valence-electron chi connectivity index (χ1n) is 7.60. The van der Waals surface area contributed by atoms with Gasteiger partial charge in [-0.15, -0.1) is 0 Å². The molecule has 0 atom stereocenters. The maximum Gasteiger partial charge on any atom is 0.435 e. The Bertz CT molecular complexity index is 1200. The van der Waals surface area contributed by atoms with Crippen molar-refractivity contribution < 1.29 is 30.4 Å². The Morgan fingerprint density at radius 1 is 0.931 bits per heavy atom. The third kappa shape index (κ3) is 4.53. The van der Waals surface area contributed by atoms with Crippen molar-refractivity contribution >= 4 is 41.7 Å². The predicted octanol–water partition coefficient (Wildman–Crippen LogP) is 5.76. The molecule has 154 valence electrons. The molecule has 0 aliphatic rings. The summed E-state index contributed by atoms with van der Waals surface area (Å²) in [5.41, 5.74) is -2.17. The summed E-state index contributed by atoms with van der Waals surface area (Å²) in [6.45, 7) is 0. The number of halogens is 7. The van der Waals surface area contributed by atoms with Crippen LogP contribution in [0, 0.1) is 11.6 Å². The first-order chi connectivity index (χ1) is 13.3. The van der Waals surface area contributed by atoms with Crippen molar-refractivity contribution in [1.29, 1.82) is 0 Å². The molecule has 12 heteroatoms. The SMILES string of the molecule is CS(=O)(=O)c1cc(F)c(-c2cc(C(F)(F)F)nn2-c2cc(Br)cc(Br)c2)cc1F. The normalized spacial score (nSPS) is 12.4. The van der Waals surface area contributed by atoms with Gasteiger partial charge < -0.3 is 0 Å². The number of hydrogen-bond donors (Lipinski definition) is 0. The quantitative estimate of drug-likeness (QED) is 0.383. The van der Waals surface area contributed by atoms with Crippen molar-refractivity contribution in [2.45, 2.75) is 11.1 Å². The van der Waals surface area contributed by atoms with Crippen LogP contribution >= 0.6 is 31.9 Å². The van der Waals surface area contributed by atoms with Crippen LogP contribution in [0.4, 0.5) is 22.0 Å². The van der Waals surface area contributed by atoms with Gasteiger partial charge in [0.1, 0.15) is 16.5 Å². The minimum absolute atomic E-state index is 0.128. The Morgan fingerprint density at radius 3 is 2.03 bits per heavy atom. The topological polar surface area (TPSA) is 52.0 Å². The largest absolute Gasteiger partial charge is 0.435 e. The van der Waals surface area contributed by atoms with Gasteiger partial charge in [0.05, 0.1) is 11.4 Å². The van der Waals surface area contributed by atoms with E-state index >= 15 is 0 Å². The molecule has 2 aromatic carbocycles. The van der Waals surface area contributed by atoms with Crippen LogP contribution in [0.1, 0.15) is 5.69 Å². The molecule has 0 unspecified atom stereocenters. The van der Waals surface area contributed by atoms with Gasteiger partial charge in [0.25, 0.3) is 0 Å². The lowest BCUT2D eigenvalue weighted by atomic mass is 10.1. The fourth-order valence-corrected chi connectivity index (χ4v) is 4.58. The Labute approximate surface area is 178 Å². The van der Waals surface area contributed by atoms with Gasteiger partial charge in [-0.3, -0.25) is 0 Å². The lowest BCUT2D eigenvalue weighted by Gasteiger charge is -2.11. The molecule has 0 fully saturated rings. The molecule has 0 N–H and O–H groups in total. The molecule has 0 aliphatic carbocycles. The minimum atomic E-state index is -4.84. The van der Waals surface area contributed by atoms with Gasteiger partial charge in [-0.1, -0.05) is 31.9 Å². The van der Waals surface area contributed by atoms with Crippen molar-refractivity contribution in [1.82, 2.24) is 9.78 Å². The Morgan fingerprint density at radius 2 is 1.52 bits per heavy atom. The van der Waals surface area contributed by atoms with Gasteiger partial charge in [0.2, 0.25) is 0 Å². The summed E-state index contributed by atoms with van der Waals surface area (Å²) < 4.78 is 93.6. The van der Waals surface area contributed by atoms with Crippen LogP contribution in [0.25, 0.3) is 16.9 Å². The standard InChI is InChI=1S/C17H9Br2F5N2O2S/c1-29(27,28)15-6-12(20)11(5-13(15)21)14-7-16(17(22,23)24)25-26(14)10-3-8(18)2-9(19)4-10/h2-7H,1H3. The number of sulfone groups is 1. The maximum atomic E-state index is 14.6. The van der Waals surface area contributed by atoms with Crippen LogP contribution < -0.4 is 0 Å². The van der Waals surface area contributed by atoms with Crippen LogP contribution in [-0.4, -0.2) is 24.5 Å². The highest BCUT2D eigenvalue weighted by Gasteiger charge is 2.36. The first kappa shape index (κ1) is 21.9. The summed E-state index contributed by atoms with van der Waals surface area (Å²) >= 11 is 6.40. The van der Waals surface area contributed by atoms with Crippen molar-refractivity contribution in [2.75, 3.05) is 6.26 Å². The highest BCUT2D eigenvalue weighted by molar-refractivity contribution is 9.11. The zero-order valence-electron chi connectivity index (χ0n) is 14.2. The predicted molar refractivity (Wildman–Crippen MR) is 102 cm³/mol.